The largest absolute Gasteiger partial charge is 0.393 e. The van der Waals surface area contributed by atoms with Gasteiger partial charge in [-0.2, -0.15) is 0 Å². The number of amides is 1. The van der Waals surface area contributed by atoms with E-state index in [-0.39, 0.29) is 17.9 Å². The van der Waals surface area contributed by atoms with Crippen molar-refractivity contribution in [3.8, 4) is 0 Å². The maximum absolute atomic E-state index is 12.5. The third kappa shape index (κ3) is 2.80. The Morgan fingerprint density at radius 2 is 2.06 bits per heavy atom. The molecule has 2 atom stereocenters. The lowest BCUT2D eigenvalue weighted by atomic mass is 9.80. The van der Waals surface area contributed by atoms with Gasteiger partial charge in [-0.15, -0.1) is 0 Å². The molecule has 1 saturated heterocycles. The number of carbonyl (C=O) groups excluding carboxylic acids is 1. The molecular weight excluding hydrogens is 216 g/mol. The minimum atomic E-state index is -0.401. The average Bonchev–Trinajstić information content (AvgIpc) is 2.35. The molecule has 100 valence electrons. The molecule has 4 heteroatoms. The van der Waals surface area contributed by atoms with Gasteiger partial charge in [0.05, 0.1) is 11.5 Å². The number of aliphatic hydroxyl groups excluding tert-OH is 1. The summed E-state index contributed by atoms with van der Waals surface area (Å²) in [5, 5.41) is 9.69. The second kappa shape index (κ2) is 5.83. The molecule has 0 spiro atoms. The van der Waals surface area contributed by atoms with Crippen LogP contribution in [0.1, 0.15) is 40.0 Å². The van der Waals surface area contributed by atoms with Crippen LogP contribution in [0.5, 0.6) is 0 Å². The summed E-state index contributed by atoms with van der Waals surface area (Å²) >= 11 is 0. The Balaban J connectivity index is 2.75. The summed E-state index contributed by atoms with van der Waals surface area (Å²) in [6.45, 7) is 7.76. The first kappa shape index (κ1) is 14.5. The highest BCUT2D eigenvalue weighted by Gasteiger charge is 2.39. The van der Waals surface area contributed by atoms with Crippen molar-refractivity contribution in [2.75, 3.05) is 19.6 Å². The lowest BCUT2D eigenvalue weighted by Crippen LogP contribution is -2.52. The fraction of sp³-hybridized carbons (Fsp3) is 0.923. The predicted molar refractivity (Wildman–Crippen MR) is 68.4 cm³/mol. The standard InChI is InChI=1S/C13H26N2O2/c1-4-13(5-2,9-14)12(17)15-7-6-11(16)10(3)8-15/h10-11,16H,4-9,14H2,1-3H3. The molecule has 1 fully saturated rings. The van der Waals surface area contributed by atoms with E-state index in [2.05, 4.69) is 0 Å². The van der Waals surface area contributed by atoms with Gasteiger partial charge in [-0.25, -0.2) is 0 Å². The van der Waals surface area contributed by atoms with Gasteiger partial charge < -0.3 is 15.7 Å². The Morgan fingerprint density at radius 1 is 1.47 bits per heavy atom. The summed E-state index contributed by atoms with van der Waals surface area (Å²) in [5.74, 6) is 0.334. The molecule has 0 aromatic carbocycles. The fourth-order valence-electron chi connectivity index (χ4n) is 2.58. The predicted octanol–water partition coefficient (Wildman–Crippen LogP) is 0.981. The Morgan fingerprint density at radius 3 is 2.47 bits per heavy atom. The molecule has 1 amide bonds. The fourth-order valence-corrected chi connectivity index (χ4v) is 2.58. The zero-order valence-electron chi connectivity index (χ0n) is 11.3. The number of nitrogens with two attached hydrogens (primary N) is 1. The first-order valence-electron chi connectivity index (χ1n) is 6.68. The van der Waals surface area contributed by atoms with E-state index in [1.54, 1.807) is 0 Å². The molecule has 1 rings (SSSR count). The lowest BCUT2D eigenvalue weighted by Gasteiger charge is -2.40. The number of piperidine rings is 1. The smallest absolute Gasteiger partial charge is 0.230 e. The highest BCUT2D eigenvalue weighted by molar-refractivity contribution is 5.83. The first-order valence-corrected chi connectivity index (χ1v) is 6.68. The molecule has 1 heterocycles. The molecule has 1 aliphatic heterocycles. The second-order valence-electron chi connectivity index (χ2n) is 5.28. The Kier molecular flexibility index (Phi) is 4.95. The molecule has 17 heavy (non-hydrogen) atoms. The third-order valence-corrected chi connectivity index (χ3v) is 4.35. The van der Waals surface area contributed by atoms with E-state index >= 15 is 0 Å². The number of hydrogen-bond acceptors (Lipinski definition) is 3. The van der Waals surface area contributed by atoms with Gasteiger partial charge in [-0.05, 0) is 25.2 Å². The summed E-state index contributed by atoms with van der Waals surface area (Å²) in [6, 6.07) is 0. The van der Waals surface area contributed by atoms with Gasteiger partial charge in [0.2, 0.25) is 5.91 Å². The minimum absolute atomic E-state index is 0.164. The summed E-state index contributed by atoms with van der Waals surface area (Å²) in [7, 11) is 0. The number of nitrogens with zero attached hydrogens (tertiary/aromatic N) is 1. The van der Waals surface area contributed by atoms with Gasteiger partial charge in [0.15, 0.2) is 0 Å². The molecule has 0 saturated carbocycles. The summed E-state index contributed by atoms with van der Waals surface area (Å²) in [4.78, 5) is 14.4. The molecule has 2 unspecified atom stereocenters. The zero-order chi connectivity index (χ0) is 13.1. The zero-order valence-corrected chi connectivity index (χ0v) is 11.3. The van der Waals surface area contributed by atoms with Crippen LogP contribution >= 0.6 is 0 Å². The Bertz CT molecular complexity index is 256. The second-order valence-corrected chi connectivity index (χ2v) is 5.28. The number of aliphatic hydroxyl groups is 1. The van der Waals surface area contributed by atoms with Crippen molar-refractivity contribution < 1.29 is 9.90 Å². The summed E-state index contributed by atoms with van der Waals surface area (Å²) in [6.07, 6.45) is 1.98. The van der Waals surface area contributed by atoms with Crippen molar-refractivity contribution in [3.05, 3.63) is 0 Å². The number of rotatable bonds is 4. The highest BCUT2D eigenvalue weighted by atomic mass is 16.3. The van der Waals surface area contributed by atoms with Crippen LogP contribution in [-0.2, 0) is 4.79 Å². The van der Waals surface area contributed by atoms with Crippen LogP contribution in [0.15, 0.2) is 0 Å². The molecular formula is C13H26N2O2. The van der Waals surface area contributed by atoms with Crippen molar-refractivity contribution >= 4 is 5.91 Å². The maximum atomic E-state index is 12.5. The molecule has 0 aromatic heterocycles. The van der Waals surface area contributed by atoms with Gasteiger partial charge in [-0.1, -0.05) is 20.8 Å². The van der Waals surface area contributed by atoms with E-state index in [1.165, 1.54) is 0 Å². The highest BCUT2D eigenvalue weighted by Crippen LogP contribution is 2.30. The molecule has 4 nitrogen and oxygen atoms in total. The molecule has 0 aliphatic carbocycles. The maximum Gasteiger partial charge on any atom is 0.230 e. The molecule has 0 bridgehead atoms. The minimum Gasteiger partial charge on any atom is -0.393 e. The number of hydrogen-bond donors (Lipinski definition) is 2. The van der Waals surface area contributed by atoms with Crippen LogP contribution < -0.4 is 5.73 Å². The van der Waals surface area contributed by atoms with E-state index in [0.717, 1.165) is 12.8 Å². The number of carbonyl (C=O) groups is 1. The van der Waals surface area contributed by atoms with Crippen LogP contribution in [0.3, 0.4) is 0 Å². The van der Waals surface area contributed by atoms with Gasteiger partial charge in [0.1, 0.15) is 0 Å². The van der Waals surface area contributed by atoms with Crippen molar-refractivity contribution in [1.29, 1.82) is 0 Å². The van der Waals surface area contributed by atoms with Crippen molar-refractivity contribution in [2.24, 2.45) is 17.1 Å². The van der Waals surface area contributed by atoms with Gasteiger partial charge >= 0.3 is 0 Å². The van der Waals surface area contributed by atoms with E-state index in [1.807, 2.05) is 25.7 Å². The average molecular weight is 242 g/mol. The normalized spacial score (nSPS) is 26.1. The van der Waals surface area contributed by atoms with Crippen LogP contribution in [-0.4, -0.2) is 41.7 Å². The Labute approximate surface area is 104 Å². The van der Waals surface area contributed by atoms with Crippen molar-refractivity contribution in [1.82, 2.24) is 4.90 Å². The molecule has 0 aromatic rings. The van der Waals surface area contributed by atoms with Crippen LogP contribution in [0.25, 0.3) is 0 Å². The summed E-state index contributed by atoms with van der Waals surface area (Å²) < 4.78 is 0. The van der Waals surface area contributed by atoms with Crippen molar-refractivity contribution in [2.45, 2.75) is 46.1 Å². The van der Waals surface area contributed by atoms with E-state index in [4.69, 9.17) is 5.73 Å². The molecule has 1 aliphatic rings. The summed E-state index contributed by atoms with van der Waals surface area (Å²) in [5.41, 5.74) is 5.40. The van der Waals surface area contributed by atoms with Gasteiger partial charge in [-0.3, -0.25) is 4.79 Å². The monoisotopic (exact) mass is 242 g/mol. The molecule has 0 radical (unpaired) electrons. The van der Waals surface area contributed by atoms with Crippen LogP contribution in [0, 0.1) is 11.3 Å². The van der Waals surface area contributed by atoms with E-state index in [9.17, 15) is 9.90 Å². The van der Waals surface area contributed by atoms with Crippen molar-refractivity contribution in [3.63, 3.8) is 0 Å². The van der Waals surface area contributed by atoms with E-state index in [0.29, 0.717) is 26.1 Å². The van der Waals surface area contributed by atoms with Gasteiger partial charge in [0, 0.05) is 19.6 Å². The lowest BCUT2D eigenvalue weighted by molar-refractivity contribution is -0.145. The van der Waals surface area contributed by atoms with E-state index < -0.39 is 5.41 Å². The van der Waals surface area contributed by atoms with Crippen LogP contribution in [0.2, 0.25) is 0 Å². The quantitative estimate of drug-likeness (QED) is 0.772. The van der Waals surface area contributed by atoms with Gasteiger partial charge in [0.25, 0.3) is 0 Å². The number of likely N-dealkylation sites (tertiary alicyclic amines) is 1. The Hall–Kier alpha value is -0.610. The topological polar surface area (TPSA) is 66.6 Å². The third-order valence-electron chi connectivity index (χ3n) is 4.35. The van der Waals surface area contributed by atoms with Crippen LogP contribution in [0.4, 0.5) is 0 Å². The first-order chi connectivity index (χ1) is 8.00. The SMILES string of the molecule is CCC(CC)(CN)C(=O)N1CCC(O)C(C)C1. The molecule has 3 N–H and O–H groups in total.